The van der Waals surface area contributed by atoms with E-state index in [1.807, 2.05) is 25.2 Å². The molecule has 3 rings (SSSR count). The summed E-state index contributed by atoms with van der Waals surface area (Å²) < 4.78 is 0. The van der Waals surface area contributed by atoms with Gasteiger partial charge in [-0.3, -0.25) is 9.59 Å². The number of nitrogens with zero attached hydrogens (tertiary/aromatic N) is 1. The zero-order valence-electron chi connectivity index (χ0n) is 13.1. The first kappa shape index (κ1) is 14.3. The molecule has 1 amide bonds. The number of fused-ring (bicyclic) bond motifs is 1. The van der Waals surface area contributed by atoms with Crippen molar-refractivity contribution in [2.75, 3.05) is 11.9 Å². The Morgan fingerprint density at radius 3 is 2.71 bits per heavy atom. The van der Waals surface area contributed by atoms with Crippen LogP contribution in [0.4, 0.5) is 5.69 Å². The number of ketones is 1. The van der Waals surface area contributed by atoms with Crippen LogP contribution in [0.15, 0.2) is 18.2 Å². The van der Waals surface area contributed by atoms with Crippen molar-refractivity contribution in [2.45, 2.75) is 46.0 Å². The minimum Gasteiger partial charge on any atom is -0.315 e. The summed E-state index contributed by atoms with van der Waals surface area (Å²) in [5, 5.41) is 0. The first-order chi connectivity index (χ1) is 9.90. The molecular weight excluding hydrogens is 262 g/mol. The molecule has 1 aliphatic carbocycles. The van der Waals surface area contributed by atoms with Gasteiger partial charge in [0, 0.05) is 30.6 Å². The average Bonchev–Trinajstić information content (AvgIpc) is 2.81. The molecule has 1 aromatic rings. The van der Waals surface area contributed by atoms with E-state index in [2.05, 4.69) is 13.8 Å². The molecular formula is C18H23NO2. The van der Waals surface area contributed by atoms with E-state index < -0.39 is 0 Å². The number of amides is 1. The van der Waals surface area contributed by atoms with Crippen molar-refractivity contribution >= 4 is 17.4 Å². The highest BCUT2D eigenvalue weighted by molar-refractivity contribution is 6.01. The number of hydrogen-bond acceptors (Lipinski definition) is 2. The fourth-order valence-corrected chi connectivity index (χ4v) is 3.82. The lowest BCUT2D eigenvalue weighted by molar-refractivity contribution is -0.118. The van der Waals surface area contributed by atoms with Crippen LogP contribution < -0.4 is 4.90 Å². The predicted octanol–water partition coefficient (Wildman–Crippen LogP) is 3.60. The maximum atomic E-state index is 12.8. The highest BCUT2D eigenvalue weighted by Gasteiger charge is 2.39. The molecule has 0 N–H and O–H groups in total. The number of carbonyl (C=O) groups is 2. The molecule has 1 saturated carbocycles. The summed E-state index contributed by atoms with van der Waals surface area (Å²) in [6, 6.07) is 5.83. The van der Waals surface area contributed by atoms with Gasteiger partial charge in [0.2, 0.25) is 5.91 Å². The Morgan fingerprint density at radius 2 is 2.05 bits per heavy atom. The Bertz CT molecular complexity index is 603. The molecule has 3 heteroatoms. The van der Waals surface area contributed by atoms with Gasteiger partial charge in [0.05, 0.1) is 0 Å². The Morgan fingerprint density at radius 1 is 1.29 bits per heavy atom. The van der Waals surface area contributed by atoms with Crippen molar-refractivity contribution in [3.05, 3.63) is 29.3 Å². The fraction of sp³-hybridized carbons (Fsp3) is 0.556. The minimum absolute atomic E-state index is 0.111. The summed E-state index contributed by atoms with van der Waals surface area (Å²) in [6.07, 6.45) is 4.56. The minimum atomic E-state index is 0.111. The lowest BCUT2D eigenvalue weighted by atomic mass is 9.77. The molecule has 1 heterocycles. The maximum absolute atomic E-state index is 12.8. The zero-order valence-corrected chi connectivity index (χ0v) is 13.1. The molecule has 1 aliphatic heterocycles. The molecule has 112 valence electrons. The second-order valence-electron chi connectivity index (χ2n) is 7.09. The average molecular weight is 285 g/mol. The number of hydrogen-bond donors (Lipinski definition) is 0. The van der Waals surface area contributed by atoms with Crippen molar-refractivity contribution in [3.8, 4) is 0 Å². The smallest absolute Gasteiger partial charge is 0.227 e. The summed E-state index contributed by atoms with van der Waals surface area (Å²) >= 11 is 0. The van der Waals surface area contributed by atoms with E-state index in [1.165, 1.54) is 0 Å². The van der Waals surface area contributed by atoms with Gasteiger partial charge in [0.25, 0.3) is 0 Å². The van der Waals surface area contributed by atoms with Crippen LogP contribution in [0, 0.1) is 11.3 Å². The van der Waals surface area contributed by atoms with Crippen molar-refractivity contribution in [1.29, 1.82) is 0 Å². The molecule has 1 atom stereocenters. The van der Waals surface area contributed by atoms with Gasteiger partial charge in [0.1, 0.15) is 0 Å². The van der Waals surface area contributed by atoms with E-state index in [9.17, 15) is 9.59 Å². The van der Waals surface area contributed by atoms with Crippen LogP contribution in [0.5, 0.6) is 0 Å². The monoisotopic (exact) mass is 285 g/mol. The molecule has 3 nitrogen and oxygen atoms in total. The van der Waals surface area contributed by atoms with Gasteiger partial charge in [-0.2, -0.15) is 0 Å². The number of Topliss-reactive ketones (excluding diaryl/α,β-unsaturated/α-hetero) is 1. The summed E-state index contributed by atoms with van der Waals surface area (Å²) in [4.78, 5) is 26.2. The largest absolute Gasteiger partial charge is 0.315 e. The van der Waals surface area contributed by atoms with Crippen LogP contribution in [0.1, 0.15) is 55.5 Å². The van der Waals surface area contributed by atoms with Gasteiger partial charge in [-0.05, 0) is 48.4 Å². The Hall–Kier alpha value is -1.64. The third-order valence-electron chi connectivity index (χ3n) is 5.28. The van der Waals surface area contributed by atoms with E-state index in [0.29, 0.717) is 6.42 Å². The Balaban J connectivity index is 1.91. The standard InChI is InChI=1S/C18H23NO2/c1-18(2)10-4-5-14(18)17(21)13-6-8-15-12(11-13)7-9-16(20)19(15)3/h6,8,11,14H,4-5,7,9-10H2,1-3H3. The van der Waals surface area contributed by atoms with Crippen LogP contribution in [-0.2, 0) is 11.2 Å². The van der Waals surface area contributed by atoms with Gasteiger partial charge in [-0.15, -0.1) is 0 Å². The third-order valence-corrected chi connectivity index (χ3v) is 5.28. The summed E-state index contributed by atoms with van der Waals surface area (Å²) in [5.41, 5.74) is 3.00. The normalized spacial score (nSPS) is 24.0. The van der Waals surface area contributed by atoms with Gasteiger partial charge in [0.15, 0.2) is 5.78 Å². The van der Waals surface area contributed by atoms with Crippen LogP contribution >= 0.6 is 0 Å². The van der Waals surface area contributed by atoms with E-state index in [4.69, 9.17) is 0 Å². The molecule has 2 aliphatic rings. The lowest BCUT2D eigenvalue weighted by Crippen LogP contribution is -2.31. The molecule has 1 aromatic carbocycles. The van der Waals surface area contributed by atoms with Gasteiger partial charge >= 0.3 is 0 Å². The Labute approximate surface area is 126 Å². The number of aryl methyl sites for hydroxylation is 1. The molecule has 1 fully saturated rings. The van der Waals surface area contributed by atoms with Crippen LogP contribution in [-0.4, -0.2) is 18.7 Å². The van der Waals surface area contributed by atoms with Crippen molar-refractivity contribution < 1.29 is 9.59 Å². The fourth-order valence-electron chi connectivity index (χ4n) is 3.82. The molecule has 0 bridgehead atoms. The van der Waals surface area contributed by atoms with Gasteiger partial charge in [-0.25, -0.2) is 0 Å². The summed E-state index contributed by atoms with van der Waals surface area (Å²) in [5.74, 6) is 0.567. The first-order valence-electron chi connectivity index (χ1n) is 7.84. The summed E-state index contributed by atoms with van der Waals surface area (Å²) in [6.45, 7) is 4.40. The molecule has 0 saturated heterocycles. The molecule has 0 spiro atoms. The van der Waals surface area contributed by atoms with E-state index in [1.54, 1.807) is 4.90 Å². The van der Waals surface area contributed by atoms with Crippen LogP contribution in [0.2, 0.25) is 0 Å². The lowest BCUT2D eigenvalue weighted by Gasteiger charge is -2.28. The van der Waals surface area contributed by atoms with E-state index in [0.717, 1.165) is 42.5 Å². The zero-order chi connectivity index (χ0) is 15.2. The van der Waals surface area contributed by atoms with Crippen LogP contribution in [0.25, 0.3) is 0 Å². The molecule has 0 aromatic heterocycles. The first-order valence-corrected chi connectivity index (χ1v) is 7.84. The van der Waals surface area contributed by atoms with Crippen molar-refractivity contribution in [3.63, 3.8) is 0 Å². The van der Waals surface area contributed by atoms with Gasteiger partial charge in [-0.1, -0.05) is 20.3 Å². The molecule has 1 unspecified atom stereocenters. The SMILES string of the molecule is CN1C(=O)CCc2cc(C(=O)C3CCCC3(C)C)ccc21. The molecule has 0 radical (unpaired) electrons. The van der Waals surface area contributed by atoms with E-state index in [-0.39, 0.29) is 23.0 Å². The van der Waals surface area contributed by atoms with E-state index >= 15 is 0 Å². The number of benzene rings is 1. The highest BCUT2D eigenvalue weighted by atomic mass is 16.2. The highest BCUT2D eigenvalue weighted by Crippen LogP contribution is 2.44. The van der Waals surface area contributed by atoms with Crippen molar-refractivity contribution in [1.82, 2.24) is 0 Å². The van der Waals surface area contributed by atoms with Crippen molar-refractivity contribution in [2.24, 2.45) is 11.3 Å². The van der Waals surface area contributed by atoms with Crippen LogP contribution in [0.3, 0.4) is 0 Å². The van der Waals surface area contributed by atoms with Gasteiger partial charge < -0.3 is 4.90 Å². The number of rotatable bonds is 2. The second-order valence-corrected chi connectivity index (χ2v) is 7.09. The number of carbonyl (C=O) groups excluding carboxylic acids is 2. The quantitative estimate of drug-likeness (QED) is 0.778. The maximum Gasteiger partial charge on any atom is 0.227 e. The topological polar surface area (TPSA) is 37.4 Å². The second kappa shape index (κ2) is 4.97. The molecule has 21 heavy (non-hydrogen) atoms. The predicted molar refractivity (Wildman–Crippen MR) is 83.6 cm³/mol. The Kier molecular flexibility index (Phi) is 3.39. The summed E-state index contributed by atoms with van der Waals surface area (Å²) in [7, 11) is 1.81. The number of anilines is 1. The third kappa shape index (κ3) is 2.39.